The number of hydrogen-bond acceptors (Lipinski definition) is 4. The Bertz CT molecular complexity index is 618. The van der Waals surface area contributed by atoms with E-state index in [2.05, 4.69) is 20.5 Å². The molecular formula is C14H19N5O. The molecule has 20 heavy (non-hydrogen) atoms. The molecule has 6 heteroatoms. The van der Waals surface area contributed by atoms with Crippen LogP contribution >= 0.6 is 0 Å². The second-order valence-electron chi connectivity index (χ2n) is 5.00. The molecule has 6 nitrogen and oxygen atoms in total. The first-order valence-electron chi connectivity index (χ1n) is 6.53. The number of nitrogens with zero attached hydrogens (tertiary/aromatic N) is 2. The number of H-pyrrole nitrogens is 1. The highest BCUT2D eigenvalue weighted by molar-refractivity contribution is 5.97. The van der Waals surface area contributed by atoms with Crippen LogP contribution in [-0.2, 0) is 6.54 Å². The second-order valence-corrected chi connectivity index (χ2v) is 5.00. The van der Waals surface area contributed by atoms with Gasteiger partial charge < -0.3 is 11.1 Å². The van der Waals surface area contributed by atoms with Gasteiger partial charge in [-0.25, -0.2) is 0 Å². The minimum absolute atomic E-state index is 0.196. The summed E-state index contributed by atoms with van der Waals surface area (Å²) in [6.07, 6.45) is 1.70. The van der Waals surface area contributed by atoms with Crippen LogP contribution in [0, 0.1) is 6.92 Å². The van der Waals surface area contributed by atoms with Crippen LogP contribution < -0.4 is 11.1 Å². The minimum Gasteiger partial charge on any atom is -0.395 e. The lowest BCUT2D eigenvalue weighted by Gasteiger charge is -2.06. The maximum absolute atomic E-state index is 12.1. The van der Waals surface area contributed by atoms with Gasteiger partial charge in [-0.1, -0.05) is 19.9 Å². The molecule has 0 aliphatic carbocycles. The van der Waals surface area contributed by atoms with Crippen molar-refractivity contribution in [2.75, 3.05) is 5.73 Å². The Morgan fingerprint density at radius 1 is 1.50 bits per heavy atom. The van der Waals surface area contributed by atoms with E-state index in [1.807, 2.05) is 32.9 Å². The molecule has 1 amide bonds. The van der Waals surface area contributed by atoms with Gasteiger partial charge in [-0.05, 0) is 24.5 Å². The van der Waals surface area contributed by atoms with Crippen LogP contribution in [0.5, 0.6) is 0 Å². The Kier molecular flexibility index (Phi) is 4.02. The molecule has 2 aromatic rings. The van der Waals surface area contributed by atoms with Crippen molar-refractivity contribution >= 4 is 11.6 Å². The van der Waals surface area contributed by atoms with Crippen LogP contribution in [-0.4, -0.2) is 21.1 Å². The Labute approximate surface area is 117 Å². The highest BCUT2D eigenvalue weighted by atomic mass is 16.1. The van der Waals surface area contributed by atoms with Crippen molar-refractivity contribution in [2.45, 2.75) is 33.2 Å². The smallest absolute Gasteiger partial charge is 0.274 e. The third kappa shape index (κ3) is 2.79. The van der Waals surface area contributed by atoms with Crippen LogP contribution in [0.1, 0.15) is 47.2 Å². The zero-order chi connectivity index (χ0) is 14.7. The summed E-state index contributed by atoms with van der Waals surface area (Å²) >= 11 is 0. The number of rotatable bonds is 4. The molecule has 0 aliphatic rings. The first-order chi connectivity index (χ1) is 9.50. The lowest BCUT2D eigenvalue weighted by atomic mass is 10.1. The lowest BCUT2D eigenvalue weighted by Crippen LogP contribution is -2.25. The van der Waals surface area contributed by atoms with E-state index in [1.165, 1.54) is 0 Å². The number of nitrogens with two attached hydrogens (primary N) is 1. The van der Waals surface area contributed by atoms with Gasteiger partial charge in [0.25, 0.3) is 5.91 Å². The van der Waals surface area contributed by atoms with E-state index in [0.29, 0.717) is 12.2 Å². The molecule has 0 aromatic carbocycles. The maximum Gasteiger partial charge on any atom is 0.274 e. The molecule has 0 atom stereocenters. The first-order valence-corrected chi connectivity index (χ1v) is 6.53. The van der Waals surface area contributed by atoms with Crippen molar-refractivity contribution in [3.05, 3.63) is 41.0 Å². The SMILES string of the molecule is Cc1cccnc1CNC(=O)c1n[nH]c(C(C)C)c1N. The van der Waals surface area contributed by atoms with Crippen molar-refractivity contribution < 1.29 is 4.79 Å². The fourth-order valence-corrected chi connectivity index (χ4v) is 1.93. The zero-order valence-electron chi connectivity index (χ0n) is 11.9. The summed E-state index contributed by atoms with van der Waals surface area (Å²) in [7, 11) is 0. The van der Waals surface area contributed by atoms with E-state index in [4.69, 9.17) is 5.73 Å². The van der Waals surface area contributed by atoms with E-state index in [1.54, 1.807) is 6.20 Å². The average molecular weight is 273 g/mol. The molecule has 0 unspecified atom stereocenters. The highest BCUT2D eigenvalue weighted by Gasteiger charge is 2.18. The van der Waals surface area contributed by atoms with Crippen LogP contribution in [0.2, 0.25) is 0 Å². The number of anilines is 1. The molecule has 4 N–H and O–H groups in total. The molecule has 0 spiro atoms. The largest absolute Gasteiger partial charge is 0.395 e. The summed E-state index contributed by atoms with van der Waals surface area (Å²) in [5, 5.41) is 9.59. The summed E-state index contributed by atoms with van der Waals surface area (Å²) in [5.41, 5.74) is 9.23. The predicted molar refractivity (Wildman–Crippen MR) is 77.2 cm³/mol. The second kappa shape index (κ2) is 5.73. The molecule has 0 aliphatic heterocycles. The van der Waals surface area contributed by atoms with Gasteiger partial charge in [-0.3, -0.25) is 14.9 Å². The van der Waals surface area contributed by atoms with E-state index in [0.717, 1.165) is 17.0 Å². The predicted octanol–water partition coefficient (Wildman–Crippen LogP) is 1.75. The van der Waals surface area contributed by atoms with Gasteiger partial charge in [0.05, 0.1) is 23.6 Å². The molecule has 0 saturated carbocycles. The molecule has 2 aromatic heterocycles. The number of carbonyl (C=O) groups is 1. The van der Waals surface area contributed by atoms with E-state index >= 15 is 0 Å². The molecule has 0 saturated heterocycles. The Morgan fingerprint density at radius 3 is 2.85 bits per heavy atom. The summed E-state index contributed by atoms with van der Waals surface area (Å²) < 4.78 is 0. The monoisotopic (exact) mass is 273 g/mol. The zero-order valence-corrected chi connectivity index (χ0v) is 11.9. The number of carbonyl (C=O) groups excluding carboxylic acids is 1. The highest BCUT2D eigenvalue weighted by Crippen LogP contribution is 2.21. The van der Waals surface area contributed by atoms with Crippen molar-refractivity contribution in [1.82, 2.24) is 20.5 Å². The molecule has 106 valence electrons. The van der Waals surface area contributed by atoms with Gasteiger partial charge in [-0.15, -0.1) is 0 Å². The van der Waals surface area contributed by atoms with E-state index in [-0.39, 0.29) is 17.5 Å². The summed E-state index contributed by atoms with van der Waals surface area (Å²) in [5.74, 6) is -0.0993. The topological polar surface area (TPSA) is 96.7 Å². The van der Waals surface area contributed by atoms with Crippen molar-refractivity contribution in [1.29, 1.82) is 0 Å². The summed E-state index contributed by atoms with van der Waals surface area (Å²) in [6.45, 7) is 6.29. The number of nitrogen functional groups attached to an aromatic ring is 1. The fourth-order valence-electron chi connectivity index (χ4n) is 1.93. The quantitative estimate of drug-likeness (QED) is 0.790. The summed E-state index contributed by atoms with van der Waals surface area (Å²) in [6, 6.07) is 3.82. The van der Waals surface area contributed by atoms with Crippen LogP contribution in [0.25, 0.3) is 0 Å². The van der Waals surface area contributed by atoms with Crippen LogP contribution in [0.15, 0.2) is 18.3 Å². The van der Waals surface area contributed by atoms with Gasteiger partial charge in [0.2, 0.25) is 0 Å². The third-order valence-corrected chi connectivity index (χ3v) is 3.16. The normalized spacial score (nSPS) is 10.8. The molecule has 0 fully saturated rings. The third-order valence-electron chi connectivity index (χ3n) is 3.16. The molecular weight excluding hydrogens is 254 g/mol. The number of hydrogen-bond donors (Lipinski definition) is 3. The number of nitrogens with one attached hydrogen (secondary N) is 2. The molecule has 0 bridgehead atoms. The number of amides is 1. The summed E-state index contributed by atoms with van der Waals surface area (Å²) in [4.78, 5) is 16.3. The van der Waals surface area contributed by atoms with E-state index < -0.39 is 0 Å². The van der Waals surface area contributed by atoms with Crippen molar-refractivity contribution in [3.8, 4) is 0 Å². The fraction of sp³-hybridized carbons (Fsp3) is 0.357. The Balaban J connectivity index is 2.08. The Morgan fingerprint density at radius 2 is 2.25 bits per heavy atom. The van der Waals surface area contributed by atoms with E-state index in [9.17, 15) is 4.79 Å². The first kappa shape index (κ1) is 14.0. The minimum atomic E-state index is -0.296. The van der Waals surface area contributed by atoms with Gasteiger partial charge in [0, 0.05) is 6.20 Å². The number of pyridine rings is 1. The number of aromatic amines is 1. The van der Waals surface area contributed by atoms with Crippen molar-refractivity contribution in [2.24, 2.45) is 0 Å². The molecule has 2 rings (SSSR count). The van der Waals surface area contributed by atoms with Crippen LogP contribution in [0.3, 0.4) is 0 Å². The van der Waals surface area contributed by atoms with Gasteiger partial charge in [0.15, 0.2) is 5.69 Å². The van der Waals surface area contributed by atoms with Crippen molar-refractivity contribution in [3.63, 3.8) is 0 Å². The number of aryl methyl sites for hydroxylation is 1. The molecule has 0 radical (unpaired) electrons. The lowest BCUT2D eigenvalue weighted by molar-refractivity contribution is 0.0946. The van der Waals surface area contributed by atoms with Crippen LogP contribution in [0.4, 0.5) is 5.69 Å². The van der Waals surface area contributed by atoms with Gasteiger partial charge >= 0.3 is 0 Å². The van der Waals surface area contributed by atoms with Gasteiger partial charge in [-0.2, -0.15) is 5.10 Å². The number of aromatic nitrogens is 3. The Hall–Kier alpha value is -2.37. The standard InChI is InChI=1S/C14H19N5O/c1-8(2)12-11(15)13(19-18-12)14(20)17-7-10-9(3)5-4-6-16-10/h4-6,8H,7,15H2,1-3H3,(H,17,20)(H,18,19). The maximum atomic E-state index is 12.1. The molecule has 2 heterocycles. The van der Waals surface area contributed by atoms with Gasteiger partial charge in [0.1, 0.15) is 0 Å². The average Bonchev–Trinajstić information content (AvgIpc) is 2.79.